The first kappa shape index (κ1) is 15.4. The molecule has 2 unspecified atom stereocenters. The lowest BCUT2D eigenvalue weighted by Crippen LogP contribution is -2.27. The predicted octanol–water partition coefficient (Wildman–Crippen LogP) is 4.49. The topological polar surface area (TPSA) is 21.3 Å². The lowest BCUT2D eigenvalue weighted by atomic mass is 9.90. The average molecular weight is 275 g/mol. The largest absolute Gasteiger partial charge is 0.487 e. The maximum Gasteiger partial charge on any atom is 0.123 e. The van der Waals surface area contributed by atoms with Gasteiger partial charge in [-0.3, -0.25) is 0 Å². The average Bonchev–Trinajstić information content (AvgIpc) is 2.71. The Morgan fingerprint density at radius 3 is 2.70 bits per heavy atom. The van der Waals surface area contributed by atoms with Crippen LogP contribution in [0.4, 0.5) is 0 Å². The number of ether oxygens (including phenoxy) is 1. The monoisotopic (exact) mass is 275 g/mol. The van der Waals surface area contributed by atoms with E-state index in [0.717, 1.165) is 18.7 Å². The predicted molar refractivity (Wildman–Crippen MR) is 85.3 cm³/mol. The minimum Gasteiger partial charge on any atom is -0.487 e. The summed E-state index contributed by atoms with van der Waals surface area (Å²) in [7, 11) is 0. The molecule has 0 fully saturated rings. The van der Waals surface area contributed by atoms with Crippen molar-refractivity contribution in [1.82, 2.24) is 5.32 Å². The molecule has 2 rings (SSSR count). The van der Waals surface area contributed by atoms with Gasteiger partial charge in [0, 0.05) is 12.5 Å². The summed E-state index contributed by atoms with van der Waals surface area (Å²) in [4.78, 5) is 0. The summed E-state index contributed by atoms with van der Waals surface area (Å²) in [5.74, 6) is 1.71. The Bertz CT molecular complexity index is 453. The number of hydrogen-bond donors (Lipinski definition) is 1. The molecule has 2 heteroatoms. The van der Waals surface area contributed by atoms with Crippen molar-refractivity contribution in [3.63, 3.8) is 0 Å². The molecule has 0 saturated heterocycles. The van der Waals surface area contributed by atoms with E-state index in [-0.39, 0.29) is 5.60 Å². The normalized spacial score (nSPS) is 19.2. The van der Waals surface area contributed by atoms with E-state index in [4.69, 9.17) is 4.74 Å². The van der Waals surface area contributed by atoms with Gasteiger partial charge in [0.2, 0.25) is 0 Å². The zero-order valence-corrected chi connectivity index (χ0v) is 13.6. The molecule has 0 spiro atoms. The Morgan fingerprint density at radius 2 is 2.05 bits per heavy atom. The van der Waals surface area contributed by atoms with Crippen LogP contribution in [-0.4, -0.2) is 12.1 Å². The van der Waals surface area contributed by atoms with Gasteiger partial charge in [0.05, 0.1) is 0 Å². The van der Waals surface area contributed by atoms with Gasteiger partial charge in [0.1, 0.15) is 11.4 Å². The molecule has 1 aromatic rings. The molecular weight excluding hydrogens is 246 g/mol. The van der Waals surface area contributed by atoms with Crippen LogP contribution in [0.5, 0.6) is 5.75 Å². The number of rotatable bonds is 6. The Morgan fingerprint density at radius 1 is 1.30 bits per heavy atom. The van der Waals surface area contributed by atoms with Crippen molar-refractivity contribution in [3.05, 3.63) is 29.3 Å². The smallest absolute Gasteiger partial charge is 0.123 e. The second kappa shape index (κ2) is 6.17. The molecule has 112 valence electrons. The van der Waals surface area contributed by atoms with Gasteiger partial charge in [-0.15, -0.1) is 0 Å². The molecule has 0 aliphatic carbocycles. The van der Waals surface area contributed by atoms with Crippen LogP contribution < -0.4 is 10.1 Å². The van der Waals surface area contributed by atoms with Crippen molar-refractivity contribution in [1.29, 1.82) is 0 Å². The Hall–Kier alpha value is -1.02. The van der Waals surface area contributed by atoms with E-state index in [1.165, 1.54) is 24.0 Å². The molecule has 1 aliphatic rings. The molecule has 0 aromatic heterocycles. The summed E-state index contributed by atoms with van der Waals surface area (Å²) in [5, 5.41) is 3.71. The van der Waals surface area contributed by atoms with Crippen molar-refractivity contribution in [2.24, 2.45) is 5.92 Å². The number of nitrogens with one attached hydrogen (secondary N) is 1. The number of fused-ring (bicyclic) bond motifs is 1. The molecule has 2 nitrogen and oxygen atoms in total. The molecule has 2 atom stereocenters. The summed E-state index contributed by atoms with van der Waals surface area (Å²) in [6.07, 6.45) is 3.38. The summed E-state index contributed by atoms with van der Waals surface area (Å²) in [6.45, 7) is 12.2. The first-order chi connectivity index (χ1) is 9.46. The molecule has 0 radical (unpaired) electrons. The third-order valence-electron chi connectivity index (χ3n) is 4.27. The third kappa shape index (κ3) is 3.35. The number of benzene rings is 1. The molecular formula is C18H29NO. The highest BCUT2D eigenvalue weighted by Crippen LogP contribution is 2.37. The first-order valence-electron chi connectivity index (χ1n) is 8.02. The lowest BCUT2D eigenvalue weighted by Gasteiger charge is -2.25. The second-order valence-electron chi connectivity index (χ2n) is 6.72. The molecule has 0 amide bonds. The summed E-state index contributed by atoms with van der Waals surface area (Å²) >= 11 is 0. The van der Waals surface area contributed by atoms with Gasteiger partial charge in [-0.2, -0.15) is 0 Å². The molecule has 1 N–H and O–H groups in total. The molecule has 1 aliphatic heterocycles. The minimum atomic E-state index is -0.0519. The van der Waals surface area contributed by atoms with E-state index >= 15 is 0 Å². The zero-order chi connectivity index (χ0) is 14.8. The van der Waals surface area contributed by atoms with Crippen LogP contribution in [0.3, 0.4) is 0 Å². The molecule has 0 bridgehead atoms. The fourth-order valence-electron chi connectivity index (χ4n) is 3.01. The van der Waals surface area contributed by atoms with Crippen molar-refractivity contribution in [2.75, 3.05) is 6.54 Å². The fourth-order valence-corrected chi connectivity index (χ4v) is 3.01. The van der Waals surface area contributed by atoms with Crippen LogP contribution in [0.25, 0.3) is 0 Å². The second-order valence-corrected chi connectivity index (χ2v) is 6.72. The van der Waals surface area contributed by atoms with Crippen LogP contribution in [0.15, 0.2) is 18.2 Å². The Labute approximate surface area is 123 Å². The van der Waals surface area contributed by atoms with E-state index in [9.17, 15) is 0 Å². The highest BCUT2D eigenvalue weighted by Gasteiger charge is 2.30. The Balaban J connectivity index is 2.22. The van der Waals surface area contributed by atoms with E-state index in [1.807, 2.05) is 0 Å². The highest BCUT2D eigenvalue weighted by atomic mass is 16.5. The van der Waals surface area contributed by atoms with E-state index in [0.29, 0.717) is 12.0 Å². The highest BCUT2D eigenvalue weighted by molar-refractivity contribution is 5.42. The van der Waals surface area contributed by atoms with Gasteiger partial charge in [-0.25, -0.2) is 0 Å². The zero-order valence-electron chi connectivity index (χ0n) is 13.6. The standard InChI is InChI=1S/C18H29NO/c1-6-10-19-17(13(3)7-2)14-8-9-16-15(11-14)12-18(4,5)20-16/h8-9,11,13,17,19H,6-7,10,12H2,1-5H3. The van der Waals surface area contributed by atoms with Crippen LogP contribution in [0.1, 0.15) is 64.6 Å². The maximum absolute atomic E-state index is 5.98. The number of hydrogen-bond acceptors (Lipinski definition) is 2. The van der Waals surface area contributed by atoms with Crippen LogP contribution >= 0.6 is 0 Å². The molecule has 20 heavy (non-hydrogen) atoms. The lowest BCUT2D eigenvalue weighted by molar-refractivity contribution is 0.138. The van der Waals surface area contributed by atoms with Crippen LogP contribution in [-0.2, 0) is 6.42 Å². The molecule has 1 heterocycles. The maximum atomic E-state index is 5.98. The van der Waals surface area contributed by atoms with E-state index in [1.54, 1.807) is 0 Å². The van der Waals surface area contributed by atoms with Crippen LogP contribution in [0, 0.1) is 5.92 Å². The van der Waals surface area contributed by atoms with Crippen molar-refractivity contribution in [3.8, 4) is 5.75 Å². The van der Waals surface area contributed by atoms with Crippen molar-refractivity contribution < 1.29 is 4.74 Å². The van der Waals surface area contributed by atoms with E-state index < -0.39 is 0 Å². The van der Waals surface area contributed by atoms with E-state index in [2.05, 4.69) is 58.1 Å². The SMILES string of the molecule is CCCNC(c1ccc2c(c1)CC(C)(C)O2)C(C)CC. The van der Waals surface area contributed by atoms with Gasteiger partial charge < -0.3 is 10.1 Å². The fraction of sp³-hybridized carbons (Fsp3) is 0.667. The van der Waals surface area contributed by atoms with Gasteiger partial charge in [-0.05, 0) is 49.9 Å². The first-order valence-corrected chi connectivity index (χ1v) is 8.02. The van der Waals surface area contributed by atoms with Gasteiger partial charge in [0.25, 0.3) is 0 Å². The van der Waals surface area contributed by atoms with Gasteiger partial charge in [0.15, 0.2) is 0 Å². The van der Waals surface area contributed by atoms with Gasteiger partial charge >= 0.3 is 0 Å². The summed E-state index contributed by atoms with van der Waals surface area (Å²) in [6, 6.07) is 7.19. The van der Waals surface area contributed by atoms with Crippen molar-refractivity contribution >= 4 is 0 Å². The molecule has 1 aromatic carbocycles. The third-order valence-corrected chi connectivity index (χ3v) is 4.27. The minimum absolute atomic E-state index is 0.0519. The van der Waals surface area contributed by atoms with Crippen molar-refractivity contribution in [2.45, 2.75) is 65.5 Å². The van der Waals surface area contributed by atoms with Gasteiger partial charge in [-0.1, -0.05) is 39.3 Å². The van der Waals surface area contributed by atoms with Crippen LogP contribution in [0.2, 0.25) is 0 Å². The summed E-state index contributed by atoms with van der Waals surface area (Å²) in [5.41, 5.74) is 2.72. The molecule has 0 saturated carbocycles. The Kier molecular flexibility index (Phi) is 4.74. The quantitative estimate of drug-likeness (QED) is 0.826. The summed E-state index contributed by atoms with van der Waals surface area (Å²) < 4.78 is 5.98.